The van der Waals surface area contributed by atoms with Crippen LogP contribution in [0.4, 0.5) is 10.1 Å². The Hall–Kier alpha value is -1.42. The molecule has 0 heterocycles. The molecule has 116 valence electrons. The number of quaternary nitrogens is 1. The van der Waals surface area contributed by atoms with E-state index >= 15 is 0 Å². The molecule has 4 heteroatoms. The summed E-state index contributed by atoms with van der Waals surface area (Å²) in [5, 5.41) is 5.04. The molecule has 1 aliphatic rings. The van der Waals surface area contributed by atoms with Crippen LogP contribution in [0.5, 0.6) is 0 Å². The molecule has 0 unspecified atom stereocenters. The van der Waals surface area contributed by atoms with Crippen LogP contribution in [0.3, 0.4) is 0 Å². The highest BCUT2D eigenvalue weighted by Gasteiger charge is 2.32. The maximum Gasteiger partial charge on any atom is 0.282 e. The number of hydrogen-bond acceptors (Lipinski definition) is 1. The number of carbonyl (C=O) groups is 1. The zero-order chi connectivity index (χ0) is 15.4. The van der Waals surface area contributed by atoms with Gasteiger partial charge in [-0.05, 0) is 56.4 Å². The summed E-state index contributed by atoms with van der Waals surface area (Å²) < 4.78 is 12.9. The van der Waals surface area contributed by atoms with Gasteiger partial charge in [0.15, 0.2) is 6.04 Å². The number of halogens is 1. The number of nitrogens with two attached hydrogens (primary N) is 1. The van der Waals surface area contributed by atoms with Crippen molar-refractivity contribution in [1.82, 2.24) is 0 Å². The smallest absolute Gasteiger partial charge is 0.282 e. The van der Waals surface area contributed by atoms with E-state index in [0.29, 0.717) is 17.6 Å². The molecule has 2 rings (SSSR count). The number of hydrogen-bond donors (Lipinski definition) is 2. The molecule has 3 nitrogen and oxygen atoms in total. The van der Waals surface area contributed by atoms with E-state index in [-0.39, 0.29) is 17.8 Å². The Morgan fingerprint density at radius 1 is 1.29 bits per heavy atom. The SMILES string of the molecule is C[C@H]1[C@@H]([NH2+][C@@H](C)C(=O)Nc2ccc(F)cc2)CCC[C@@H]1C. The lowest BCUT2D eigenvalue weighted by Crippen LogP contribution is -2.97. The van der Waals surface area contributed by atoms with E-state index in [4.69, 9.17) is 0 Å². The van der Waals surface area contributed by atoms with E-state index in [1.807, 2.05) is 6.92 Å². The van der Waals surface area contributed by atoms with Crippen molar-refractivity contribution in [2.24, 2.45) is 11.8 Å². The van der Waals surface area contributed by atoms with Crippen molar-refractivity contribution >= 4 is 11.6 Å². The van der Waals surface area contributed by atoms with Crippen LogP contribution < -0.4 is 10.6 Å². The van der Waals surface area contributed by atoms with Gasteiger partial charge in [0.2, 0.25) is 0 Å². The Labute approximate surface area is 126 Å². The molecule has 1 saturated carbocycles. The number of rotatable bonds is 4. The Bertz CT molecular complexity index is 474. The van der Waals surface area contributed by atoms with Gasteiger partial charge in [-0.2, -0.15) is 0 Å². The molecule has 3 N–H and O–H groups in total. The zero-order valence-corrected chi connectivity index (χ0v) is 13.1. The van der Waals surface area contributed by atoms with Gasteiger partial charge in [0.05, 0.1) is 6.04 Å². The number of anilines is 1. The van der Waals surface area contributed by atoms with E-state index in [0.717, 1.165) is 5.92 Å². The highest BCUT2D eigenvalue weighted by Crippen LogP contribution is 2.27. The lowest BCUT2D eigenvalue weighted by atomic mass is 9.78. The monoisotopic (exact) mass is 293 g/mol. The van der Waals surface area contributed by atoms with Crippen molar-refractivity contribution in [3.63, 3.8) is 0 Å². The van der Waals surface area contributed by atoms with Crippen LogP contribution in [-0.4, -0.2) is 18.0 Å². The maximum atomic E-state index is 12.9. The summed E-state index contributed by atoms with van der Waals surface area (Å²) in [6, 6.07) is 6.27. The molecule has 1 aromatic carbocycles. The molecular formula is C17H26FN2O+. The molecule has 21 heavy (non-hydrogen) atoms. The summed E-state index contributed by atoms with van der Waals surface area (Å²) >= 11 is 0. The molecule has 0 aliphatic heterocycles. The summed E-state index contributed by atoms with van der Waals surface area (Å²) in [6.07, 6.45) is 3.72. The molecule has 0 aromatic heterocycles. The van der Waals surface area contributed by atoms with Crippen LogP contribution in [0.1, 0.15) is 40.0 Å². The topological polar surface area (TPSA) is 45.7 Å². The minimum atomic E-state index is -0.294. The maximum absolute atomic E-state index is 12.9. The van der Waals surface area contributed by atoms with E-state index in [1.165, 1.54) is 31.4 Å². The average Bonchev–Trinajstić information content (AvgIpc) is 2.46. The van der Waals surface area contributed by atoms with Crippen LogP contribution in [-0.2, 0) is 4.79 Å². The van der Waals surface area contributed by atoms with Gasteiger partial charge in [0.25, 0.3) is 5.91 Å². The van der Waals surface area contributed by atoms with Gasteiger partial charge in [-0.1, -0.05) is 13.8 Å². The molecule has 1 aliphatic carbocycles. The highest BCUT2D eigenvalue weighted by molar-refractivity contribution is 5.93. The van der Waals surface area contributed by atoms with Crippen LogP contribution >= 0.6 is 0 Å². The van der Waals surface area contributed by atoms with E-state index in [2.05, 4.69) is 24.5 Å². The fourth-order valence-corrected chi connectivity index (χ4v) is 3.14. The minimum Gasteiger partial charge on any atom is -0.334 e. The second-order valence-corrected chi connectivity index (χ2v) is 6.41. The Kier molecular flexibility index (Phi) is 5.34. The standard InChI is InChI=1S/C17H25FN2O/c1-11-5-4-6-16(12(11)2)19-13(3)17(21)20-15-9-7-14(18)8-10-15/h7-13,16,19H,4-6H2,1-3H3,(H,20,21)/p+1/t11-,12+,13-,16-/m0/s1. The summed E-state index contributed by atoms with van der Waals surface area (Å²) in [7, 11) is 0. The van der Waals surface area contributed by atoms with Gasteiger partial charge >= 0.3 is 0 Å². The molecular weight excluding hydrogens is 267 g/mol. The van der Waals surface area contributed by atoms with Crippen molar-refractivity contribution in [2.45, 2.75) is 52.1 Å². The predicted octanol–water partition coefficient (Wildman–Crippen LogP) is 2.54. The average molecular weight is 293 g/mol. The molecule has 0 saturated heterocycles. The van der Waals surface area contributed by atoms with Crippen LogP contribution in [0.2, 0.25) is 0 Å². The highest BCUT2D eigenvalue weighted by atomic mass is 19.1. The number of carbonyl (C=O) groups excluding carboxylic acids is 1. The van der Waals surface area contributed by atoms with Gasteiger partial charge in [-0.15, -0.1) is 0 Å². The third-order valence-electron chi connectivity index (χ3n) is 4.83. The summed E-state index contributed by atoms with van der Waals surface area (Å²) in [6.45, 7) is 6.52. The molecule has 1 fully saturated rings. The Morgan fingerprint density at radius 3 is 2.62 bits per heavy atom. The van der Waals surface area contributed by atoms with Gasteiger partial charge in [-0.3, -0.25) is 4.79 Å². The quantitative estimate of drug-likeness (QED) is 0.880. The first kappa shape index (κ1) is 16.0. The Morgan fingerprint density at radius 2 is 1.95 bits per heavy atom. The third kappa shape index (κ3) is 4.27. The van der Waals surface area contributed by atoms with Crippen LogP contribution in [0.15, 0.2) is 24.3 Å². The molecule has 1 aromatic rings. The third-order valence-corrected chi connectivity index (χ3v) is 4.83. The van der Waals surface area contributed by atoms with Crippen molar-refractivity contribution in [3.8, 4) is 0 Å². The molecule has 4 atom stereocenters. The first-order valence-corrected chi connectivity index (χ1v) is 7.89. The summed E-state index contributed by atoms with van der Waals surface area (Å²) in [5.41, 5.74) is 0.645. The van der Waals surface area contributed by atoms with Crippen molar-refractivity contribution in [1.29, 1.82) is 0 Å². The first-order valence-electron chi connectivity index (χ1n) is 7.89. The number of amides is 1. The molecule has 1 amide bonds. The number of nitrogens with one attached hydrogen (secondary N) is 1. The fourth-order valence-electron chi connectivity index (χ4n) is 3.14. The van der Waals surface area contributed by atoms with Gasteiger partial charge in [0.1, 0.15) is 5.82 Å². The summed E-state index contributed by atoms with van der Waals surface area (Å²) in [4.78, 5) is 12.2. The minimum absolute atomic E-state index is 0.0213. The van der Waals surface area contributed by atoms with Crippen LogP contribution in [0.25, 0.3) is 0 Å². The van der Waals surface area contributed by atoms with Crippen molar-refractivity contribution < 1.29 is 14.5 Å². The van der Waals surface area contributed by atoms with E-state index < -0.39 is 0 Å². The van der Waals surface area contributed by atoms with Gasteiger partial charge in [0, 0.05) is 11.6 Å². The van der Waals surface area contributed by atoms with Gasteiger partial charge in [-0.25, -0.2) is 4.39 Å². The van der Waals surface area contributed by atoms with E-state index in [9.17, 15) is 9.18 Å². The number of benzene rings is 1. The second-order valence-electron chi connectivity index (χ2n) is 6.41. The Balaban J connectivity index is 1.88. The fraction of sp³-hybridized carbons (Fsp3) is 0.588. The van der Waals surface area contributed by atoms with Crippen molar-refractivity contribution in [2.75, 3.05) is 5.32 Å². The normalized spacial score (nSPS) is 27.1. The van der Waals surface area contributed by atoms with Crippen molar-refractivity contribution in [3.05, 3.63) is 30.1 Å². The molecule has 0 bridgehead atoms. The predicted molar refractivity (Wildman–Crippen MR) is 82.4 cm³/mol. The largest absolute Gasteiger partial charge is 0.334 e. The lowest BCUT2D eigenvalue weighted by Gasteiger charge is -2.33. The molecule has 0 spiro atoms. The van der Waals surface area contributed by atoms with E-state index in [1.54, 1.807) is 12.1 Å². The lowest BCUT2D eigenvalue weighted by molar-refractivity contribution is -0.715. The van der Waals surface area contributed by atoms with Gasteiger partial charge < -0.3 is 10.6 Å². The zero-order valence-electron chi connectivity index (χ0n) is 13.1. The first-order chi connectivity index (χ1) is 9.97. The van der Waals surface area contributed by atoms with Crippen LogP contribution in [0, 0.1) is 17.7 Å². The summed E-state index contributed by atoms with van der Waals surface area (Å²) in [5.74, 6) is 1.05. The molecule has 0 radical (unpaired) electrons. The second kappa shape index (κ2) is 7.03.